The summed E-state index contributed by atoms with van der Waals surface area (Å²) in [7, 11) is 3.43. The summed E-state index contributed by atoms with van der Waals surface area (Å²) in [6.07, 6.45) is 5.40. The lowest BCUT2D eigenvalue weighted by atomic mass is 10.1. The Labute approximate surface area is 147 Å². The van der Waals surface area contributed by atoms with E-state index in [9.17, 15) is 9.59 Å². The Morgan fingerprint density at radius 2 is 2.20 bits per heavy atom. The molecule has 25 heavy (non-hydrogen) atoms. The number of amides is 2. The van der Waals surface area contributed by atoms with E-state index in [4.69, 9.17) is 15.2 Å². The summed E-state index contributed by atoms with van der Waals surface area (Å²) in [4.78, 5) is 25.0. The van der Waals surface area contributed by atoms with E-state index < -0.39 is 5.91 Å². The molecule has 1 unspecified atom stereocenters. The molecular formula is C18H25N3O4. The number of likely N-dealkylation sites (tertiary alicyclic amines) is 1. The molecule has 7 nitrogen and oxygen atoms in total. The molecule has 0 spiro atoms. The van der Waals surface area contributed by atoms with Gasteiger partial charge in [-0.05, 0) is 43.7 Å². The minimum absolute atomic E-state index is 0.00651. The topological polar surface area (TPSA) is 93.9 Å². The standard InChI is InChI=1S/C18H25N3O4/c1-20-14-4-3-9-21(11-14)18(23)8-6-13-5-7-15(16(10-13)24-2)25-12-17(19)22/h5-8,10,14,20H,3-4,9,11-12H2,1-2H3,(H2,19,22)/b8-6+. The van der Waals surface area contributed by atoms with Crippen molar-refractivity contribution >= 4 is 17.9 Å². The lowest BCUT2D eigenvalue weighted by molar-refractivity contribution is -0.127. The Balaban J connectivity index is 2.02. The maximum absolute atomic E-state index is 12.3. The van der Waals surface area contributed by atoms with Crippen molar-refractivity contribution < 1.29 is 19.1 Å². The summed E-state index contributed by atoms with van der Waals surface area (Å²) in [6, 6.07) is 5.57. The van der Waals surface area contributed by atoms with Crippen LogP contribution in [0, 0.1) is 0 Å². The fourth-order valence-electron chi connectivity index (χ4n) is 2.74. The number of rotatable bonds is 7. The van der Waals surface area contributed by atoms with E-state index in [2.05, 4.69) is 5.32 Å². The average Bonchev–Trinajstić information content (AvgIpc) is 2.64. The van der Waals surface area contributed by atoms with E-state index in [-0.39, 0.29) is 12.5 Å². The normalized spacial score (nSPS) is 17.5. The van der Waals surface area contributed by atoms with Crippen molar-refractivity contribution in [2.45, 2.75) is 18.9 Å². The van der Waals surface area contributed by atoms with Crippen molar-refractivity contribution in [3.05, 3.63) is 29.8 Å². The van der Waals surface area contributed by atoms with Crippen LogP contribution in [0.5, 0.6) is 11.5 Å². The lowest BCUT2D eigenvalue weighted by Gasteiger charge is -2.31. The molecule has 2 amide bonds. The summed E-state index contributed by atoms with van der Waals surface area (Å²) in [6.45, 7) is 1.29. The number of piperidine rings is 1. The van der Waals surface area contributed by atoms with E-state index in [1.165, 1.54) is 7.11 Å². The minimum atomic E-state index is -0.557. The van der Waals surface area contributed by atoms with E-state index in [1.807, 2.05) is 11.9 Å². The Hall–Kier alpha value is -2.54. The first-order valence-electron chi connectivity index (χ1n) is 8.27. The van der Waals surface area contributed by atoms with Crippen molar-refractivity contribution in [3.8, 4) is 11.5 Å². The van der Waals surface area contributed by atoms with Crippen LogP contribution in [0.25, 0.3) is 6.08 Å². The molecule has 1 aromatic rings. The van der Waals surface area contributed by atoms with Crippen molar-refractivity contribution in [3.63, 3.8) is 0 Å². The van der Waals surface area contributed by atoms with Crippen LogP contribution in [0.3, 0.4) is 0 Å². The van der Waals surface area contributed by atoms with Crippen molar-refractivity contribution in [1.82, 2.24) is 10.2 Å². The summed E-state index contributed by atoms with van der Waals surface area (Å²) in [5.74, 6) is 0.340. The second-order valence-corrected chi connectivity index (χ2v) is 5.91. The number of nitrogens with two attached hydrogens (primary N) is 1. The third kappa shape index (κ3) is 5.49. The molecule has 3 N–H and O–H groups in total. The minimum Gasteiger partial charge on any atom is -0.493 e. The highest BCUT2D eigenvalue weighted by Gasteiger charge is 2.20. The molecule has 0 aliphatic carbocycles. The molecule has 1 fully saturated rings. The van der Waals surface area contributed by atoms with Gasteiger partial charge in [0, 0.05) is 25.2 Å². The summed E-state index contributed by atoms with van der Waals surface area (Å²) in [5, 5.41) is 3.22. The molecule has 1 aromatic carbocycles. The Kier molecular flexibility index (Phi) is 6.82. The van der Waals surface area contributed by atoms with E-state index in [0.717, 1.165) is 31.5 Å². The highest BCUT2D eigenvalue weighted by atomic mass is 16.5. The summed E-state index contributed by atoms with van der Waals surface area (Å²) < 4.78 is 10.5. The number of methoxy groups -OCH3 is 1. The monoisotopic (exact) mass is 347 g/mol. The molecule has 0 bridgehead atoms. The van der Waals surface area contributed by atoms with Crippen LogP contribution in [0.2, 0.25) is 0 Å². The van der Waals surface area contributed by atoms with Gasteiger partial charge in [0.05, 0.1) is 7.11 Å². The van der Waals surface area contributed by atoms with Gasteiger partial charge in [-0.2, -0.15) is 0 Å². The Morgan fingerprint density at radius 1 is 1.40 bits per heavy atom. The van der Waals surface area contributed by atoms with Crippen LogP contribution >= 0.6 is 0 Å². The van der Waals surface area contributed by atoms with Crippen LogP contribution < -0.4 is 20.5 Å². The zero-order chi connectivity index (χ0) is 18.2. The molecular weight excluding hydrogens is 322 g/mol. The maximum atomic E-state index is 12.3. The Bertz CT molecular complexity index is 645. The van der Waals surface area contributed by atoms with E-state index in [1.54, 1.807) is 30.4 Å². The Morgan fingerprint density at radius 3 is 2.88 bits per heavy atom. The molecule has 1 heterocycles. The number of hydrogen-bond acceptors (Lipinski definition) is 5. The summed E-state index contributed by atoms with van der Waals surface area (Å²) >= 11 is 0. The number of nitrogens with zero attached hydrogens (tertiary/aromatic N) is 1. The highest BCUT2D eigenvalue weighted by molar-refractivity contribution is 5.92. The van der Waals surface area contributed by atoms with Gasteiger partial charge >= 0.3 is 0 Å². The van der Waals surface area contributed by atoms with Gasteiger partial charge in [-0.3, -0.25) is 9.59 Å². The first kappa shape index (κ1) is 18.8. The number of nitrogens with one attached hydrogen (secondary N) is 1. The quantitative estimate of drug-likeness (QED) is 0.711. The summed E-state index contributed by atoms with van der Waals surface area (Å²) in [5.41, 5.74) is 5.88. The van der Waals surface area contributed by atoms with Crippen LogP contribution in [-0.4, -0.2) is 56.6 Å². The third-order valence-electron chi connectivity index (χ3n) is 4.12. The van der Waals surface area contributed by atoms with Crippen LogP contribution in [0.15, 0.2) is 24.3 Å². The predicted octanol–water partition coefficient (Wildman–Crippen LogP) is 0.783. The molecule has 0 saturated carbocycles. The third-order valence-corrected chi connectivity index (χ3v) is 4.12. The molecule has 0 aromatic heterocycles. The number of likely N-dealkylation sites (N-methyl/N-ethyl adjacent to an activating group) is 1. The number of benzene rings is 1. The van der Waals surface area contributed by atoms with Crippen molar-refractivity contribution in [2.75, 3.05) is 33.9 Å². The molecule has 1 saturated heterocycles. The van der Waals surface area contributed by atoms with Gasteiger partial charge in [0.25, 0.3) is 5.91 Å². The molecule has 136 valence electrons. The molecule has 7 heteroatoms. The van der Waals surface area contributed by atoms with Gasteiger partial charge in [0.1, 0.15) is 0 Å². The van der Waals surface area contributed by atoms with E-state index >= 15 is 0 Å². The van der Waals surface area contributed by atoms with Crippen LogP contribution in [0.4, 0.5) is 0 Å². The smallest absolute Gasteiger partial charge is 0.255 e. The van der Waals surface area contributed by atoms with Crippen molar-refractivity contribution in [1.29, 1.82) is 0 Å². The van der Waals surface area contributed by atoms with Crippen molar-refractivity contribution in [2.24, 2.45) is 5.73 Å². The number of ether oxygens (including phenoxy) is 2. The van der Waals surface area contributed by atoms with Gasteiger partial charge in [0.15, 0.2) is 18.1 Å². The van der Waals surface area contributed by atoms with Gasteiger partial charge in [-0.25, -0.2) is 0 Å². The zero-order valence-corrected chi connectivity index (χ0v) is 14.7. The van der Waals surface area contributed by atoms with Gasteiger partial charge in [0.2, 0.25) is 5.91 Å². The largest absolute Gasteiger partial charge is 0.493 e. The van der Waals surface area contributed by atoms with Gasteiger partial charge in [-0.1, -0.05) is 6.07 Å². The molecule has 0 radical (unpaired) electrons. The SMILES string of the molecule is CNC1CCCN(C(=O)/C=C/c2ccc(OCC(N)=O)c(OC)c2)C1. The number of primary amides is 1. The van der Waals surface area contributed by atoms with Gasteiger partial charge < -0.3 is 25.4 Å². The fourth-order valence-corrected chi connectivity index (χ4v) is 2.74. The first-order chi connectivity index (χ1) is 12.0. The fraction of sp³-hybridized carbons (Fsp3) is 0.444. The second-order valence-electron chi connectivity index (χ2n) is 5.91. The zero-order valence-electron chi connectivity index (χ0n) is 14.7. The van der Waals surface area contributed by atoms with Crippen LogP contribution in [0.1, 0.15) is 18.4 Å². The average molecular weight is 347 g/mol. The highest BCUT2D eigenvalue weighted by Crippen LogP contribution is 2.28. The molecule has 1 atom stereocenters. The molecule has 2 rings (SSSR count). The van der Waals surface area contributed by atoms with E-state index in [0.29, 0.717) is 17.5 Å². The predicted molar refractivity (Wildman–Crippen MR) is 95.4 cm³/mol. The number of hydrogen-bond donors (Lipinski definition) is 2. The number of carbonyl (C=O) groups is 2. The second kappa shape index (κ2) is 9.08. The first-order valence-corrected chi connectivity index (χ1v) is 8.27. The number of carbonyl (C=O) groups excluding carboxylic acids is 2. The molecule has 1 aliphatic rings. The van der Waals surface area contributed by atoms with Gasteiger partial charge in [-0.15, -0.1) is 0 Å². The lowest BCUT2D eigenvalue weighted by Crippen LogP contribution is -2.46. The maximum Gasteiger partial charge on any atom is 0.255 e. The van der Waals surface area contributed by atoms with Crippen LogP contribution in [-0.2, 0) is 9.59 Å². The molecule has 1 aliphatic heterocycles.